The van der Waals surface area contributed by atoms with E-state index < -0.39 is 10.0 Å². The van der Waals surface area contributed by atoms with E-state index in [1.165, 1.54) is 10.4 Å². The Labute approximate surface area is 109 Å². The van der Waals surface area contributed by atoms with Crippen LogP contribution in [0.4, 0.5) is 0 Å². The Balaban J connectivity index is 3.21. The van der Waals surface area contributed by atoms with E-state index in [4.69, 9.17) is 5.11 Å². The van der Waals surface area contributed by atoms with E-state index in [-0.39, 0.29) is 24.6 Å². The molecule has 0 aliphatic carbocycles. The number of sulfonamides is 1. The van der Waals surface area contributed by atoms with Crippen LogP contribution in [0.5, 0.6) is 0 Å². The highest BCUT2D eigenvalue weighted by atomic mass is 32.2. The highest BCUT2D eigenvalue weighted by Crippen LogP contribution is 2.20. The Bertz CT molecular complexity index is 523. The molecule has 0 saturated carbocycles. The van der Waals surface area contributed by atoms with Crippen LogP contribution in [0.15, 0.2) is 35.7 Å². The average Bonchev–Trinajstić information content (AvgIpc) is 2.28. The molecule has 4 nitrogen and oxygen atoms in total. The van der Waals surface area contributed by atoms with Gasteiger partial charge in [0.1, 0.15) is 0 Å². The van der Waals surface area contributed by atoms with E-state index in [1.807, 2.05) is 13.0 Å². The summed E-state index contributed by atoms with van der Waals surface area (Å²) in [7, 11) is -3.57. The van der Waals surface area contributed by atoms with Gasteiger partial charge in [-0.1, -0.05) is 23.8 Å². The number of aliphatic hydroxyl groups is 1. The van der Waals surface area contributed by atoms with Gasteiger partial charge >= 0.3 is 0 Å². The minimum Gasteiger partial charge on any atom is -0.395 e. The summed E-state index contributed by atoms with van der Waals surface area (Å²) in [6.45, 7) is 7.27. The smallest absolute Gasteiger partial charge is 0.243 e. The van der Waals surface area contributed by atoms with E-state index in [1.54, 1.807) is 19.1 Å². The van der Waals surface area contributed by atoms with Crippen molar-refractivity contribution in [3.05, 3.63) is 42.0 Å². The van der Waals surface area contributed by atoms with Crippen LogP contribution < -0.4 is 0 Å². The minimum absolute atomic E-state index is 0.0711. The Hall–Kier alpha value is -1.17. The zero-order valence-electron chi connectivity index (χ0n) is 10.8. The number of hydrogen-bond donors (Lipinski definition) is 1. The first-order chi connectivity index (χ1) is 8.43. The van der Waals surface area contributed by atoms with Crippen molar-refractivity contribution in [3.8, 4) is 0 Å². The number of benzene rings is 1. The molecule has 0 amide bonds. The fourth-order valence-corrected chi connectivity index (χ4v) is 3.40. The highest BCUT2D eigenvalue weighted by Gasteiger charge is 2.24. The lowest BCUT2D eigenvalue weighted by Gasteiger charge is -2.20. The lowest BCUT2D eigenvalue weighted by atomic mass is 10.2. The molecule has 0 bridgehead atoms. The molecule has 100 valence electrons. The number of nitrogens with zero attached hydrogens (tertiary/aromatic N) is 1. The first-order valence-corrected chi connectivity index (χ1v) is 7.16. The predicted octanol–water partition coefficient (Wildman–Crippen LogP) is 1.47. The maximum atomic E-state index is 12.4. The molecule has 1 aromatic carbocycles. The van der Waals surface area contributed by atoms with Gasteiger partial charge in [-0.15, -0.1) is 6.58 Å². The molecular weight excluding hydrogens is 250 g/mol. The zero-order chi connectivity index (χ0) is 13.8. The molecule has 0 heterocycles. The molecule has 1 aromatic rings. The summed E-state index contributed by atoms with van der Waals surface area (Å²) in [5.41, 5.74) is 1.73. The third kappa shape index (κ3) is 3.19. The van der Waals surface area contributed by atoms with Gasteiger partial charge in [0.15, 0.2) is 0 Å². The third-order valence-corrected chi connectivity index (χ3v) is 4.66. The van der Waals surface area contributed by atoms with Crippen LogP contribution in [0.25, 0.3) is 0 Å². The molecule has 0 spiro atoms. The molecule has 0 aromatic heterocycles. The molecule has 0 aliphatic heterocycles. The number of hydrogen-bond acceptors (Lipinski definition) is 3. The Morgan fingerprint density at radius 3 is 2.56 bits per heavy atom. The van der Waals surface area contributed by atoms with E-state index >= 15 is 0 Å². The molecule has 0 aliphatic rings. The number of aryl methyl sites for hydroxylation is 2. The van der Waals surface area contributed by atoms with Gasteiger partial charge in [0.25, 0.3) is 0 Å². The van der Waals surface area contributed by atoms with Crippen molar-refractivity contribution in [1.82, 2.24) is 4.31 Å². The summed E-state index contributed by atoms with van der Waals surface area (Å²) >= 11 is 0. The van der Waals surface area contributed by atoms with Crippen molar-refractivity contribution in [2.24, 2.45) is 0 Å². The maximum absolute atomic E-state index is 12.4. The van der Waals surface area contributed by atoms with Crippen molar-refractivity contribution < 1.29 is 13.5 Å². The van der Waals surface area contributed by atoms with Gasteiger partial charge in [0, 0.05) is 13.1 Å². The van der Waals surface area contributed by atoms with Crippen LogP contribution in [0.2, 0.25) is 0 Å². The van der Waals surface area contributed by atoms with Gasteiger partial charge < -0.3 is 5.11 Å². The predicted molar refractivity (Wildman–Crippen MR) is 72.0 cm³/mol. The zero-order valence-corrected chi connectivity index (χ0v) is 11.6. The monoisotopic (exact) mass is 269 g/mol. The van der Waals surface area contributed by atoms with Gasteiger partial charge in [-0.05, 0) is 25.5 Å². The molecule has 0 atom stereocenters. The van der Waals surface area contributed by atoms with Crippen LogP contribution in [0.3, 0.4) is 0 Å². The largest absolute Gasteiger partial charge is 0.395 e. The van der Waals surface area contributed by atoms with Gasteiger partial charge in [0.05, 0.1) is 11.5 Å². The van der Waals surface area contributed by atoms with E-state index in [0.717, 1.165) is 5.56 Å². The maximum Gasteiger partial charge on any atom is 0.243 e. The lowest BCUT2D eigenvalue weighted by Crippen LogP contribution is -2.34. The van der Waals surface area contributed by atoms with Crippen LogP contribution >= 0.6 is 0 Å². The van der Waals surface area contributed by atoms with Crippen molar-refractivity contribution in [2.75, 3.05) is 19.7 Å². The van der Waals surface area contributed by atoms with Gasteiger partial charge in [0.2, 0.25) is 10.0 Å². The molecule has 0 saturated heterocycles. The summed E-state index contributed by atoms with van der Waals surface area (Å²) < 4.78 is 26.0. The molecular formula is C13H19NO3S. The topological polar surface area (TPSA) is 57.6 Å². The lowest BCUT2D eigenvalue weighted by molar-refractivity contribution is 0.260. The van der Waals surface area contributed by atoms with Crippen LogP contribution in [-0.2, 0) is 10.0 Å². The summed E-state index contributed by atoms with van der Waals surface area (Å²) in [4.78, 5) is 0.281. The first-order valence-electron chi connectivity index (χ1n) is 5.72. The highest BCUT2D eigenvalue weighted by molar-refractivity contribution is 7.89. The van der Waals surface area contributed by atoms with E-state index in [0.29, 0.717) is 5.56 Å². The second kappa shape index (κ2) is 6.13. The molecule has 1 N–H and O–H groups in total. The van der Waals surface area contributed by atoms with Gasteiger partial charge in [-0.25, -0.2) is 8.42 Å². The van der Waals surface area contributed by atoms with Crippen LogP contribution in [-0.4, -0.2) is 37.5 Å². The Kier molecular flexibility index (Phi) is 5.07. The van der Waals surface area contributed by atoms with E-state index in [2.05, 4.69) is 6.58 Å². The quantitative estimate of drug-likeness (QED) is 0.796. The Morgan fingerprint density at radius 2 is 2.06 bits per heavy atom. The molecule has 0 radical (unpaired) electrons. The molecule has 5 heteroatoms. The second-order valence-electron chi connectivity index (χ2n) is 4.14. The SMILES string of the molecule is C=CCN(CCO)S(=O)(=O)c1ccc(C)cc1C. The van der Waals surface area contributed by atoms with Crippen LogP contribution in [0, 0.1) is 13.8 Å². The standard InChI is InChI=1S/C13H19NO3S/c1-4-7-14(8-9-15)18(16,17)13-6-5-11(2)10-12(13)3/h4-6,10,15H,1,7-9H2,2-3H3. The first kappa shape index (κ1) is 14.9. The molecule has 0 unspecified atom stereocenters. The summed E-state index contributed by atoms with van der Waals surface area (Å²) in [5.74, 6) is 0. The van der Waals surface area contributed by atoms with Crippen molar-refractivity contribution in [2.45, 2.75) is 18.7 Å². The van der Waals surface area contributed by atoms with Gasteiger partial charge in [-0.3, -0.25) is 0 Å². The molecule has 0 fully saturated rings. The number of aliphatic hydroxyl groups excluding tert-OH is 1. The van der Waals surface area contributed by atoms with Crippen molar-refractivity contribution >= 4 is 10.0 Å². The van der Waals surface area contributed by atoms with Crippen molar-refractivity contribution in [3.63, 3.8) is 0 Å². The fourth-order valence-electron chi connectivity index (χ4n) is 1.79. The fraction of sp³-hybridized carbons (Fsp3) is 0.385. The molecule has 18 heavy (non-hydrogen) atoms. The summed E-state index contributed by atoms with van der Waals surface area (Å²) in [5, 5.41) is 8.95. The van der Waals surface area contributed by atoms with Crippen LogP contribution in [0.1, 0.15) is 11.1 Å². The normalized spacial score (nSPS) is 11.8. The third-order valence-electron chi connectivity index (χ3n) is 2.63. The summed E-state index contributed by atoms with van der Waals surface area (Å²) in [6.07, 6.45) is 1.51. The molecule has 1 rings (SSSR count). The second-order valence-corrected chi connectivity index (χ2v) is 6.05. The number of rotatable bonds is 6. The average molecular weight is 269 g/mol. The van der Waals surface area contributed by atoms with Crippen molar-refractivity contribution in [1.29, 1.82) is 0 Å². The minimum atomic E-state index is -3.57. The van der Waals surface area contributed by atoms with Gasteiger partial charge in [-0.2, -0.15) is 4.31 Å². The summed E-state index contributed by atoms with van der Waals surface area (Å²) in [6, 6.07) is 5.20. The Morgan fingerprint density at radius 1 is 1.39 bits per heavy atom. The van der Waals surface area contributed by atoms with E-state index in [9.17, 15) is 8.42 Å².